The summed E-state index contributed by atoms with van der Waals surface area (Å²) in [5, 5.41) is 0. The van der Waals surface area contributed by atoms with Crippen molar-refractivity contribution in [2.75, 3.05) is 0 Å². The number of halogens is 2. The van der Waals surface area contributed by atoms with Crippen LogP contribution in [-0.4, -0.2) is 0 Å². The summed E-state index contributed by atoms with van der Waals surface area (Å²) < 4.78 is 25.8. The molecule has 0 atom stereocenters. The van der Waals surface area contributed by atoms with E-state index in [1.54, 1.807) is 13.0 Å². The van der Waals surface area contributed by atoms with E-state index >= 15 is 0 Å². The van der Waals surface area contributed by atoms with Gasteiger partial charge < -0.3 is 0 Å². The van der Waals surface area contributed by atoms with Gasteiger partial charge >= 0.3 is 0 Å². The third-order valence-corrected chi connectivity index (χ3v) is 2.08. The summed E-state index contributed by atoms with van der Waals surface area (Å²) in [6.45, 7) is 4.49. The highest BCUT2D eigenvalue weighted by Crippen LogP contribution is 2.30. The van der Waals surface area contributed by atoms with E-state index in [2.05, 4.69) is 0 Å². The molecule has 0 aromatic heterocycles. The Morgan fingerprint density at radius 3 is 2.17 bits per heavy atom. The monoisotopic (exact) mass is 170 g/mol. The minimum absolute atomic E-state index is 0.127. The molecular weight excluding hydrogens is 158 g/mol. The Morgan fingerprint density at radius 1 is 1.17 bits per heavy atom. The van der Waals surface area contributed by atoms with Crippen LogP contribution in [-0.2, 0) is 5.92 Å². The zero-order valence-electron chi connectivity index (χ0n) is 7.49. The first-order valence-electron chi connectivity index (χ1n) is 3.87. The van der Waals surface area contributed by atoms with Crippen LogP contribution in [0.3, 0.4) is 0 Å². The molecule has 0 saturated heterocycles. The first-order valence-corrected chi connectivity index (χ1v) is 3.87. The Bertz CT molecular complexity index is 284. The highest BCUT2D eigenvalue weighted by Gasteiger charge is 2.26. The third kappa shape index (κ3) is 1.63. The van der Waals surface area contributed by atoms with Crippen molar-refractivity contribution in [1.82, 2.24) is 0 Å². The van der Waals surface area contributed by atoms with Gasteiger partial charge in [-0.3, -0.25) is 0 Å². The SMILES string of the molecule is Cc1cccc(C(C)(F)F)c1C. The molecule has 0 aliphatic carbocycles. The van der Waals surface area contributed by atoms with E-state index in [9.17, 15) is 8.78 Å². The number of aryl methyl sites for hydroxylation is 1. The topological polar surface area (TPSA) is 0 Å². The molecule has 1 aromatic carbocycles. The minimum Gasteiger partial charge on any atom is -0.202 e. The number of rotatable bonds is 1. The van der Waals surface area contributed by atoms with Gasteiger partial charge in [-0.2, -0.15) is 0 Å². The van der Waals surface area contributed by atoms with E-state index in [4.69, 9.17) is 0 Å². The molecule has 0 aliphatic heterocycles. The van der Waals surface area contributed by atoms with Gasteiger partial charge in [-0.05, 0) is 25.0 Å². The summed E-state index contributed by atoms with van der Waals surface area (Å²) >= 11 is 0. The summed E-state index contributed by atoms with van der Waals surface area (Å²) in [5.74, 6) is -2.73. The Labute approximate surface area is 71.2 Å². The fraction of sp³-hybridized carbons (Fsp3) is 0.400. The smallest absolute Gasteiger partial charge is 0.202 e. The lowest BCUT2D eigenvalue weighted by Gasteiger charge is -2.14. The van der Waals surface area contributed by atoms with Gasteiger partial charge in [0.15, 0.2) is 0 Å². The molecule has 0 amide bonds. The van der Waals surface area contributed by atoms with Gasteiger partial charge in [0.05, 0.1) is 0 Å². The summed E-state index contributed by atoms with van der Waals surface area (Å²) in [6.07, 6.45) is 0. The third-order valence-electron chi connectivity index (χ3n) is 2.08. The molecule has 2 heteroatoms. The van der Waals surface area contributed by atoms with Crippen LogP contribution in [0.4, 0.5) is 8.78 Å². The van der Waals surface area contributed by atoms with Gasteiger partial charge in [-0.1, -0.05) is 18.2 Å². The lowest BCUT2D eigenvalue weighted by Crippen LogP contribution is -2.09. The van der Waals surface area contributed by atoms with Gasteiger partial charge in [0.1, 0.15) is 0 Å². The average Bonchev–Trinajstić information content (AvgIpc) is 1.92. The van der Waals surface area contributed by atoms with E-state index in [-0.39, 0.29) is 5.56 Å². The number of hydrogen-bond acceptors (Lipinski definition) is 0. The molecule has 0 spiro atoms. The number of benzene rings is 1. The molecule has 0 bridgehead atoms. The van der Waals surface area contributed by atoms with E-state index in [0.717, 1.165) is 12.5 Å². The van der Waals surface area contributed by atoms with Gasteiger partial charge in [-0.15, -0.1) is 0 Å². The normalized spacial score (nSPS) is 11.8. The van der Waals surface area contributed by atoms with Gasteiger partial charge in [0.25, 0.3) is 5.92 Å². The van der Waals surface area contributed by atoms with Crippen LogP contribution in [0.5, 0.6) is 0 Å². The highest BCUT2D eigenvalue weighted by molar-refractivity contribution is 5.35. The van der Waals surface area contributed by atoms with Crippen molar-refractivity contribution in [2.24, 2.45) is 0 Å². The molecule has 12 heavy (non-hydrogen) atoms. The molecule has 0 saturated carbocycles. The predicted octanol–water partition coefficient (Wildman–Crippen LogP) is 3.42. The van der Waals surface area contributed by atoms with Crippen LogP contribution in [0, 0.1) is 13.8 Å². The zero-order chi connectivity index (χ0) is 9.35. The van der Waals surface area contributed by atoms with E-state index in [1.807, 2.05) is 13.0 Å². The van der Waals surface area contributed by atoms with E-state index in [1.165, 1.54) is 6.07 Å². The lowest BCUT2D eigenvalue weighted by molar-refractivity contribution is 0.0167. The standard InChI is InChI=1S/C10H12F2/c1-7-5-4-6-9(8(7)2)10(3,11)12/h4-6H,1-3H3. The van der Waals surface area contributed by atoms with Gasteiger partial charge in [0, 0.05) is 12.5 Å². The molecule has 1 aromatic rings. The van der Waals surface area contributed by atoms with Crippen LogP contribution in [0.25, 0.3) is 0 Å². The number of hydrogen-bond donors (Lipinski definition) is 0. The second kappa shape index (κ2) is 2.85. The molecule has 0 N–H and O–H groups in total. The Kier molecular flexibility index (Phi) is 2.18. The van der Waals surface area contributed by atoms with Gasteiger partial charge in [0.2, 0.25) is 0 Å². The summed E-state index contributed by atoms with van der Waals surface area (Å²) in [6, 6.07) is 4.97. The van der Waals surface area contributed by atoms with Crippen molar-refractivity contribution in [3.8, 4) is 0 Å². The second-order valence-electron chi connectivity index (χ2n) is 3.14. The van der Waals surface area contributed by atoms with E-state index in [0.29, 0.717) is 5.56 Å². The summed E-state index contributed by atoms with van der Waals surface area (Å²) in [7, 11) is 0. The molecule has 0 aliphatic rings. The molecule has 66 valence electrons. The maximum Gasteiger partial charge on any atom is 0.270 e. The molecular formula is C10H12F2. The quantitative estimate of drug-likeness (QED) is 0.605. The van der Waals surface area contributed by atoms with E-state index < -0.39 is 5.92 Å². The fourth-order valence-electron chi connectivity index (χ4n) is 1.23. The van der Waals surface area contributed by atoms with Crippen LogP contribution in [0.1, 0.15) is 23.6 Å². The Balaban J connectivity index is 3.26. The Hall–Kier alpha value is -0.920. The lowest BCUT2D eigenvalue weighted by atomic mass is 9.99. The molecule has 0 radical (unpaired) electrons. The van der Waals surface area contributed by atoms with Crippen molar-refractivity contribution in [1.29, 1.82) is 0 Å². The molecule has 0 nitrogen and oxygen atoms in total. The average molecular weight is 170 g/mol. The highest BCUT2D eigenvalue weighted by atomic mass is 19.3. The van der Waals surface area contributed by atoms with Crippen LogP contribution in [0.15, 0.2) is 18.2 Å². The molecule has 0 fully saturated rings. The second-order valence-corrected chi connectivity index (χ2v) is 3.14. The van der Waals surface area contributed by atoms with Crippen molar-refractivity contribution in [2.45, 2.75) is 26.7 Å². The molecule has 1 rings (SSSR count). The first kappa shape index (κ1) is 9.17. The number of alkyl halides is 2. The van der Waals surface area contributed by atoms with Crippen molar-refractivity contribution >= 4 is 0 Å². The van der Waals surface area contributed by atoms with Crippen LogP contribution < -0.4 is 0 Å². The van der Waals surface area contributed by atoms with Crippen molar-refractivity contribution in [3.63, 3.8) is 0 Å². The summed E-state index contributed by atoms with van der Waals surface area (Å²) in [4.78, 5) is 0. The molecule has 0 unspecified atom stereocenters. The predicted molar refractivity (Wildman–Crippen MR) is 45.5 cm³/mol. The van der Waals surface area contributed by atoms with Gasteiger partial charge in [-0.25, -0.2) is 8.78 Å². The van der Waals surface area contributed by atoms with Crippen LogP contribution in [0.2, 0.25) is 0 Å². The van der Waals surface area contributed by atoms with Crippen molar-refractivity contribution < 1.29 is 8.78 Å². The summed E-state index contributed by atoms with van der Waals surface area (Å²) in [5.41, 5.74) is 1.72. The fourth-order valence-corrected chi connectivity index (χ4v) is 1.23. The maximum absolute atomic E-state index is 12.9. The Morgan fingerprint density at radius 2 is 1.75 bits per heavy atom. The maximum atomic E-state index is 12.9. The first-order chi connectivity index (χ1) is 5.43. The zero-order valence-corrected chi connectivity index (χ0v) is 7.49. The molecule has 0 heterocycles. The largest absolute Gasteiger partial charge is 0.270 e. The van der Waals surface area contributed by atoms with Crippen molar-refractivity contribution in [3.05, 3.63) is 34.9 Å². The van der Waals surface area contributed by atoms with Crippen LogP contribution >= 0.6 is 0 Å². The minimum atomic E-state index is -2.73.